The molecule has 0 spiro atoms. The number of hydrogen-bond donors (Lipinski definition) is 0. The SMILES string of the molecule is CCn1cc(S(=O)(=O)N2CCN(S(=O)(=O)c3ccc(C(C)(C)C)cc3)CC2)cn1. The summed E-state index contributed by atoms with van der Waals surface area (Å²) in [6.45, 7) is 9.12. The van der Waals surface area contributed by atoms with Gasteiger partial charge in [0.15, 0.2) is 0 Å². The number of aromatic nitrogens is 2. The highest BCUT2D eigenvalue weighted by Gasteiger charge is 2.34. The number of rotatable bonds is 5. The zero-order valence-corrected chi connectivity index (χ0v) is 18.9. The molecule has 160 valence electrons. The molecule has 2 heterocycles. The van der Waals surface area contributed by atoms with Crippen LogP contribution in [0.25, 0.3) is 0 Å². The largest absolute Gasteiger partial charge is 0.272 e. The molecule has 29 heavy (non-hydrogen) atoms. The van der Waals surface area contributed by atoms with Crippen LogP contribution in [-0.4, -0.2) is 61.4 Å². The molecule has 1 saturated heterocycles. The van der Waals surface area contributed by atoms with Gasteiger partial charge in [0.25, 0.3) is 0 Å². The summed E-state index contributed by atoms with van der Waals surface area (Å²) >= 11 is 0. The lowest BCUT2D eigenvalue weighted by molar-refractivity contribution is 0.273. The Kier molecular flexibility index (Phi) is 5.92. The molecule has 10 heteroatoms. The monoisotopic (exact) mass is 440 g/mol. The van der Waals surface area contributed by atoms with Crippen LogP contribution in [0.3, 0.4) is 0 Å². The predicted molar refractivity (Wildman–Crippen MR) is 111 cm³/mol. The Morgan fingerprint density at radius 2 is 1.34 bits per heavy atom. The molecular weight excluding hydrogens is 412 g/mol. The molecule has 2 aromatic rings. The third-order valence-electron chi connectivity index (χ3n) is 5.13. The van der Waals surface area contributed by atoms with E-state index in [2.05, 4.69) is 25.9 Å². The van der Waals surface area contributed by atoms with Crippen LogP contribution in [0, 0.1) is 0 Å². The Morgan fingerprint density at radius 3 is 1.76 bits per heavy atom. The first-order valence-corrected chi connectivity index (χ1v) is 12.5. The van der Waals surface area contributed by atoms with E-state index in [1.807, 2.05) is 19.1 Å². The van der Waals surface area contributed by atoms with Gasteiger partial charge in [-0.1, -0.05) is 32.9 Å². The smallest absolute Gasteiger partial charge is 0.246 e. The first-order chi connectivity index (χ1) is 13.5. The van der Waals surface area contributed by atoms with Crippen molar-refractivity contribution in [3.8, 4) is 0 Å². The molecule has 0 N–H and O–H groups in total. The minimum atomic E-state index is -3.68. The van der Waals surface area contributed by atoms with Crippen molar-refractivity contribution in [3.63, 3.8) is 0 Å². The average molecular weight is 441 g/mol. The van der Waals surface area contributed by atoms with E-state index < -0.39 is 20.0 Å². The number of piperazine rings is 1. The molecular formula is C19H28N4O4S2. The molecule has 3 rings (SSSR count). The number of sulfonamides is 2. The van der Waals surface area contributed by atoms with Gasteiger partial charge < -0.3 is 0 Å². The molecule has 1 aromatic carbocycles. The van der Waals surface area contributed by atoms with E-state index >= 15 is 0 Å². The molecule has 0 bridgehead atoms. The fraction of sp³-hybridized carbons (Fsp3) is 0.526. The summed E-state index contributed by atoms with van der Waals surface area (Å²) in [5.41, 5.74) is 0.994. The van der Waals surface area contributed by atoms with Crippen LogP contribution >= 0.6 is 0 Å². The van der Waals surface area contributed by atoms with Crippen LogP contribution in [0.15, 0.2) is 46.5 Å². The van der Waals surface area contributed by atoms with Crippen LogP contribution in [0.4, 0.5) is 0 Å². The van der Waals surface area contributed by atoms with Crippen LogP contribution in [0.5, 0.6) is 0 Å². The zero-order chi connectivity index (χ0) is 21.4. The maximum Gasteiger partial charge on any atom is 0.246 e. The van der Waals surface area contributed by atoms with Crippen molar-refractivity contribution in [1.82, 2.24) is 18.4 Å². The first kappa shape index (κ1) is 21.9. The second kappa shape index (κ2) is 7.82. The van der Waals surface area contributed by atoms with Gasteiger partial charge >= 0.3 is 0 Å². The van der Waals surface area contributed by atoms with Gasteiger partial charge in [-0.25, -0.2) is 16.8 Å². The summed E-state index contributed by atoms with van der Waals surface area (Å²) in [6.07, 6.45) is 2.83. The van der Waals surface area contributed by atoms with E-state index in [1.165, 1.54) is 21.0 Å². The summed E-state index contributed by atoms with van der Waals surface area (Å²) in [6, 6.07) is 6.91. The quantitative estimate of drug-likeness (QED) is 0.708. The average Bonchev–Trinajstić information content (AvgIpc) is 3.18. The van der Waals surface area contributed by atoms with Crippen molar-refractivity contribution in [3.05, 3.63) is 42.2 Å². The molecule has 0 amide bonds. The first-order valence-electron chi connectivity index (χ1n) is 9.59. The molecule has 8 nitrogen and oxygen atoms in total. The molecule has 1 aliphatic heterocycles. The number of hydrogen-bond acceptors (Lipinski definition) is 5. The maximum atomic E-state index is 13.0. The van der Waals surface area contributed by atoms with E-state index in [1.54, 1.807) is 16.8 Å². The van der Waals surface area contributed by atoms with Gasteiger partial charge in [0.2, 0.25) is 20.0 Å². The van der Waals surface area contributed by atoms with E-state index in [0.29, 0.717) is 6.54 Å². The van der Waals surface area contributed by atoms with Crippen LogP contribution in [0.2, 0.25) is 0 Å². The lowest BCUT2D eigenvalue weighted by Crippen LogP contribution is -2.50. The van der Waals surface area contributed by atoms with Gasteiger partial charge in [0, 0.05) is 38.9 Å². The van der Waals surface area contributed by atoms with Gasteiger partial charge in [-0.2, -0.15) is 13.7 Å². The highest BCUT2D eigenvalue weighted by Crippen LogP contribution is 2.26. The zero-order valence-electron chi connectivity index (χ0n) is 17.2. The van der Waals surface area contributed by atoms with Crippen molar-refractivity contribution in [1.29, 1.82) is 0 Å². The van der Waals surface area contributed by atoms with Crippen molar-refractivity contribution in [2.45, 2.75) is 49.4 Å². The molecule has 1 aliphatic rings. The Labute approximate surface area is 173 Å². The maximum absolute atomic E-state index is 13.0. The molecule has 1 fully saturated rings. The summed E-state index contributed by atoms with van der Waals surface area (Å²) in [5, 5.41) is 4.02. The summed E-state index contributed by atoms with van der Waals surface area (Å²) in [5.74, 6) is 0. The molecule has 1 aromatic heterocycles. The fourth-order valence-electron chi connectivity index (χ4n) is 3.23. The fourth-order valence-corrected chi connectivity index (χ4v) is 6.03. The van der Waals surface area contributed by atoms with E-state index in [-0.39, 0.29) is 41.4 Å². The Hall–Kier alpha value is -1.75. The third-order valence-corrected chi connectivity index (χ3v) is 8.89. The Morgan fingerprint density at radius 1 is 0.862 bits per heavy atom. The summed E-state index contributed by atoms with van der Waals surface area (Å²) in [4.78, 5) is 0.361. The van der Waals surface area contributed by atoms with Crippen LogP contribution in [-0.2, 0) is 32.0 Å². The molecule has 0 saturated carbocycles. The standard InChI is InChI=1S/C19H28N4O4S2/c1-5-21-15-18(14-20-21)29(26,27)23-12-10-22(11-13-23)28(24,25)17-8-6-16(7-9-17)19(2,3)4/h6-9,14-15H,5,10-13H2,1-4H3. The topological polar surface area (TPSA) is 92.6 Å². The van der Waals surface area contributed by atoms with Gasteiger partial charge in [0.1, 0.15) is 4.90 Å². The second-order valence-electron chi connectivity index (χ2n) is 8.11. The summed E-state index contributed by atoms with van der Waals surface area (Å²) < 4.78 is 55.7. The highest BCUT2D eigenvalue weighted by atomic mass is 32.2. The molecule has 0 unspecified atom stereocenters. The van der Waals surface area contributed by atoms with Crippen molar-refractivity contribution >= 4 is 20.0 Å². The van der Waals surface area contributed by atoms with E-state index in [4.69, 9.17) is 0 Å². The normalized spacial score (nSPS) is 17.5. The van der Waals surface area contributed by atoms with Crippen molar-refractivity contribution in [2.24, 2.45) is 0 Å². The predicted octanol–water partition coefficient (Wildman–Crippen LogP) is 1.90. The van der Waals surface area contributed by atoms with E-state index in [9.17, 15) is 16.8 Å². The lowest BCUT2D eigenvalue weighted by atomic mass is 9.87. The summed E-state index contributed by atoms with van der Waals surface area (Å²) in [7, 11) is -7.34. The Balaban J connectivity index is 1.72. The Bertz CT molecular complexity index is 1060. The minimum Gasteiger partial charge on any atom is -0.272 e. The van der Waals surface area contributed by atoms with Crippen LogP contribution < -0.4 is 0 Å². The number of benzene rings is 1. The number of nitrogens with zero attached hydrogens (tertiary/aromatic N) is 4. The van der Waals surface area contributed by atoms with Gasteiger partial charge in [0.05, 0.1) is 11.1 Å². The van der Waals surface area contributed by atoms with Crippen molar-refractivity contribution in [2.75, 3.05) is 26.2 Å². The van der Waals surface area contributed by atoms with Gasteiger partial charge in [-0.05, 0) is 30.0 Å². The molecule has 0 atom stereocenters. The molecule has 0 aliphatic carbocycles. The van der Waals surface area contributed by atoms with Gasteiger partial charge in [-0.3, -0.25) is 4.68 Å². The molecule has 0 radical (unpaired) electrons. The second-order valence-corrected chi connectivity index (χ2v) is 12.0. The van der Waals surface area contributed by atoms with Crippen LogP contribution in [0.1, 0.15) is 33.3 Å². The van der Waals surface area contributed by atoms with Gasteiger partial charge in [-0.15, -0.1) is 0 Å². The number of aryl methyl sites for hydroxylation is 1. The van der Waals surface area contributed by atoms with Crippen molar-refractivity contribution < 1.29 is 16.8 Å². The lowest BCUT2D eigenvalue weighted by Gasteiger charge is -2.33. The third kappa shape index (κ3) is 4.40. The minimum absolute atomic E-state index is 0.0616. The highest BCUT2D eigenvalue weighted by molar-refractivity contribution is 7.89. The van der Waals surface area contributed by atoms with E-state index in [0.717, 1.165) is 5.56 Å².